The number of esters is 6. The number of nitrogen functional groups attached to an aromatic ring is 4. The number of alkyl halides is 6. The van der Waals surface area contributed by atoms with Crippen LogP contribution in [0.1, 0.15) is 128 Å². The van der Waals surface area contributed by atoms with Crippen LogP contribution < -0.4 is 32.4 Å². The van der Waals surface area contributed by atoms with Crippen molar-refractivity contribution in [1.82, 2.24) is 0 Å². The lowest BCUT2D eigenvalue weighted by Gasteiger charge is -2.08. The Morgan fingerprint density at radius 1 is 0.345 bits per heavy atom. The van der Waals surface area contributed by atoms with Crippen molar-refractivity contribution in [2.24, 2.45) is 0 Å². The number of ether oxygens (including phenoxy) is 6. The normalized spacial score (nSPS) is 11.3. The van der Waals surface area contributed by atoms with E-state index in [1.54, 1.807) is 42.5 Å². The highest BCUT2D eigenvalue weighted by atomic mass is 19.4. The SMILES string of the molecule is Nc1cc(N)cc(C(=O)OCCCCCCCCOC(=O)C=Cc2ccc(OC(=O)c3ccc(C(F)(F)F)cc3)cc2)c1.Nc1cc(N)cc(C(=O)OCCCCCCOC(=O)C=Cc2ccc(OC(=O)c3ccc(C(F)(F)F)cc3)cc2)c1. The smallest absolute Gasteiger partial charge is 0.416 e. The predicted octanol–water partition coefficient (Wildman–Crippen LogP) is 12.9. The first-order valence-corrected chi connectivity index (χ1v) is 26.4. The van der Waals surface area contributed by atoms with Crippen molar-refractivity contribution in [3.63, 3.8) is 0 Å². The molecular weight excluding hydrogens is 1110 g/mol. The van der Waals surface area contributed by atoms with E-state index in [0.29, 0.717) is 71.1 Å². The summed E-state index contributed by atoms with van der Waals surface area (Å²) in [5.74, 6) is -3.13. The van der Waals surface area contributed by atoms with Crippen LogP contribution in [0, 0.1) is 0 Å². The number of carbonyl (C=O) groups excluding carboxylic acids is 6. The second-order valence-electron chi connectivity index (χ2n) is 18.7. The van der Waals surface area contributed by atoms with Gasteiger partial charge in [-0.3, -0.25) is 0 Å². The molecule has 0 fully saturated rings. The average molecular weight is 1170 g/mol. The quantitative estimate of drug-likeness (QED) is 0.00748. The van der Waals surface area contributed by atoms with Crippen LogP contribution in [0.25, 0.3) is 12.2 Å². The first-order valence-electron chi connectivity index (χ1n) is 26.4. The van der Waals surface area contributed by atoms with Gasteiger partial charge in [0.2, 0.25) is 0 Å². The molecule has 0 heterocycles. The number of nitrogens with two attached hydrogens (primary N) is 4. The Labute approximate surface area is 480 Å². The molecule has 6 aromatic carbocycles. The zero-order chi connectivity index (χ0) is 61.1. The van der Waals surface area contributed by atoms with E-state index in [9.17, 15) is 55.1 Å². The summed E-state index contributed by atoms with van der Waals surface area (Å²) in [6.45, 7) is 1.10. The van der Waals surface area contributed by atoms with E-state index in [2.05, 4.69) is 0 Å². The number of hydrogen-bond acceptors (Lipinski definition) is 16. The summed E-state index contributed by atoms with van der Waals surface area (Å²) in [5.41, 5.74) is 24.5. The number of benzene rings is 6. The number of unbranched alkanes of at least 4 members (excludes halogenated alkanes) is 8. The fourth-order valence-electron chi connectivity index (χ4n) is 7.54. The first-order chi connectivity index (χ1) is 40.0. The summed E-state index contributed by atoms with van der Waals surface area (Å²) < 4.78 is 107. The summed E-state index contributed by atoms with van der Waals surface area (Å²) in [6, 6.07) is 29.1. The zero-order valence-electron chi connectivity index (χ0n) is 45.4. The highest BCUT2D eigenvalue weighted by Gasteiger charge is 2.31. The molecule has 0 aliphatic heterocycles. The third-order valence-electron chi connectivity index (χ3n) is 11.9. The van der Waals surface area contributed by atoms with Crippen LogP contribution in [0.2, 0.25) is 0 Å². The molecule has 0 saturated carbocycles. The number of hydrogen-bond donors (Lipinski definition) is 4. The Balaban J connectivity index is 0.000000308. The molecule has 84 heavy (non-hydrogen) atoms. The Bertz CT molecular complexity index is 3160. The third-order valence-corrected chi connectivity index (χ3v) is 11.9. The molecule has 0 aliphatic rings. The molecule has 8 N–H and O–H groups in total. The van der Waals surface area contributed by atoms with Crippen LogP contribution in [0.15, 0.2) is 146 Å². The van der Waals surface area contributed by atoms with Gasteiger partial charge in [-0.25, -0.2) is 28.8 Å². The van der Waals surface area contributed by atoms with Crippen LogP contribution in [0.3, 0.4) is 0 Å². The van der Waals surface area contributed by atoms with Gasteiger partial charge in [0.25, 0.3) is 0 Å². The van der Waals surface area contributed by atoms with E-state index in [1.807, 2.05) is 0 Å². The molecular formula is C62H62F6N4O12. The summed E-state index contributed by atoms with van der Waals surface area (Å²) in [7, 11) is 0. The highest BCUT2D eigenvalue weighted by Crippen LogP contribution is 2.31. The standard InChI is InChI=1S/C32H33F3N2O6.C30H29F3N2O6/c33-32(34,35)25-12-10-23(11-13-25)31(40)43-28-14-7-22(8-15-28)9-16-29(38)41-17-5-3-1-2-4-6-18-42-30(39)24-19-26(36)21-27(37)20-24;31-30(32,33)23-10-8-21(9-11-23)29(38)41-26-12-5-20(6-13-26)7-14-27(36)39-15-3-1-2-4-16-40-28(37)22-17-24(34)19-25(35)18-22/h7-16,19-21H,1-6,17-18,36-37H2;5-14,17-19H,1-4,15-16,34-35H2. The van der Waals surface area contributed by atoms with Crippen molar-refractivity contribution >= 4 is 70.7 Å². The van der Waals surface area contributed by atoms with Gasteiger partial charge in [-0.05, 0) is 171 Å². The molecule has 6 rings (SSSR count). The monoisotopic (exact) mass is 1170 g/mol. The molecule has 0 aromatic heterocycles. The van der Waals surface area contributed by atoms with Crippen LogP contribution in [-0.2, 0) is 40.9 Å². The summed E-state index contributed by atoms with van der Waals surface area (Å²) >= 11 is 0. The maximum atomic E-state index is 12.7. The van der Waals surface area contributed by atoms with Crippen molar-refractivity contribution in [1.29, 1.82) is 0 Å². The molecule has 0 saturated heterocycles. The topological polar surface area (TPSA) is 262 Å². The van der Waals surface area contributed by atoms with Crippen molar-refractivity contribution < 1.29 is 83.5 Å². The number of carbonyl (C=O) groups is 6. The molecule has 444 valence electrons. The largest absolute Gasteiger partial charge is 0.463 e. The van der Waals surface area contributed by atoms with Gasteiger partial charge in [0.1, 0.15) is 11.5 Å². The van der Waals surface area contributed by atoms with Crippen molar-refractivity contribution in [3.05, 3.63) is 190 Å². The van der Waals surface area contributed by atoms with Gasteiger partial charge in [0, 0.05) is 34.9 Å². The lowest BCUT2D eigenvalue weighted by atomic mass is 10.1. The van der Waals surface area contributed by atoms with E-state index in [4.69, 9.17) is 51.4 Å². The van der Waals surface area contributed by atoms with E-state index < -0.39 is 59.3 Å². The van der Waals surface area contributed by atoms with E-state index in [0.717, 1.165) is 99.9 Å². The van der Waals surface area contributed by atoms with E-state index in [-0.39, 0.29) is 35.8 Å². The van der Waals surface area contributed by atoms with Gasteiger partial charge >= 0.3 is 48.2 Å². The summed E-state index contributed by atoms with van der Waals surface area (Å²) in [5, 5.41) is 0. The molecule has 0 spiro atoms. The third kappa shape index (κ3) is 23.9. The summed E-state index contributed by atoms with van der Waals surface area (Å²) in [4.78, 5) is 72.3. The first kappa shape index (κ1) is 65.2. The Hall–Kier alpha value is -9.60. The molecule has 0 amide bonds. The predicted molar refractivity (Wildman–Crippen MR) is 303 cm³/mol. The molecule has 0 unspecified atom stereocenters. The Kier molecular flexibility index (Phi) is 25.4. The minimum atomic E-state index is -4.49. The molecule has 0 atom stereocenters. The summed E-state index contributed by atoms with van der Waals surface area (Å²) in [6.07, 6.45) is 4.75. The average Bonchev–Trinajstić information content (AvgIpc) is 3.62. The van der Waals surface area contributed by atoms with E-state index in [1.165, 1.54) is 66.8 Å². The minimum Gasteiger partial charge on any atom is -0.463 e. The van der Waals surface area contributed by atoms with Crippen LogP contribution in [0.5, 0.6) is 11.5 Å². The van der Waals surface area contributed by atoms with Gasteiger partial charge in [-0.15, -0.1) is 0 Å². The molecule has 0 radical (unpaired) electrons. The van der Waals surface area contributed by atoms with Gasteiger partial charge < -0.3 is 51.4 Å². The number of rotatable bonds is 26. The molecule has 22 heteroatoms. The fourth-order valence-corrected chi connectivity index (χ4v) is 7.54. The second kappa shape index (κ2) is 32.7. The maximum Gasteiger partial charge on any atom is 0.416 e. The number of anilines is 4. The highest BCUT2D eigenvalue weighted by molar-refractivity contribution is 5.94. The lowest BCUT2D eigenvalue weighted by molar-refractivity contribution is -0.138. The van der Waals surface area contributed by atoms with Gasteiger partial charge in [0.15, 0.2) is 0 Å². The zero-order valence-corrected chi connectivity index (χ0v) is 45.4. The molecule has 16 nitrogen and oxygen atoms in total. The minimum absolute atomic E-state index is 0.0141. The van der Waals surface area contributed by atoms with Crippen LogP contribution in [-0.4, -0.2) is 62.2 Å². The molecule has 6 aromatic rings. The van der Waals surface area contributed by atoms with E-state index >= 15 is 0 Å². The Morgan fingerprint density at radius 2 is 0.631 bits per heavy atom. The maximum absolute atomic E-state index is 12.7. The lowest BCUT2D eigenvalue weighted by Crippen LogP contribution is -2.10. The van der Waals surface area contributed by atoms with Gasteiger partial charge in [-0.1, -0.05) is 49.9 Å². The Morgan fingerprint density at radius 3 is 0.929 bits per heavy atom. The van der Waals surface area contributed by atoms with Crippen LogP contribution >= 0.6 is 0 Å². The van der Waals surface area contributed by atoms with Crippen molar-refractivity contribution in [2.75, 3.05) is 49.4 Å². The second-order valence-corrected chi connectivity index (χ2v) is 18.7. The number of halogens is 6. The van der Waals surface area contributed by atoms with Gasteiger partial charge in [0.05, 0.1) is 59.8 Å². The van der Waals surface area contributed by atoms with Crippen molar-refractivity contribution in [2.45, 2.75) is 76.6 Å². The van der Waals surface area contributed by atoms with Gasteiger partial charge in [-0.2, -0.15) is 26.3 Å². The molecule has 0 bridgehead atoms. The fraction of sp³-hybridized carbons (Fsp3) is 0.258. The van der Waals surface area contributed by atoms with Crippen molar-refractivity contribution in [3.8, 4) is 11.5 Å². The van der Waals surface area contributed by atoms with Crippen LogP contribution in [0.4, 0.5) is 49.1 Å². The molecule has 0 aliphatic carbocycles.